The van der Waals surface area contributed by atoms with Crippen molar-refractivity contribution in [2.75, 3.05) is 0 Å². The molecule has 28 heavy (non-hydrogen) atoms. The number of unbranched alkanes of at least 4 members (excludes halogenated alkanes) is 1. The Labute approximate surface area is 169 Å². The van der Waals surface area contributed by atoms with Crippen LogP contribution in [0.25, 0.3) is 0 Å². The second-order valence-corrected chi connectivity index (χ2v) is 9.48. The number of benzene rings is 1. The van der Waals surface area contributed by atoms with Crippen molar-refractivity contribution >= 4 is 0 Å². The lowest BCUT2D eigenvalue weighted by molar-refractivity contribution is 0.235. The molecule has 0 aromatic heterocycles. The van der Waals surface area contributed by atoms with E-state index >= 15 is 0 Å². The first kappa shape index (κ1) is 21.7. The Morgan fingerprint density at radius 1 is 0.679 bits per heavy atom. The molecule has 2 aliphatic rings. The molecule has 0 saturated heterocycles. The molecule has 2 saturated carbocycles. The lowest BCUT2D eigenvalue weighted by Crippen LogP contribution is -2.16. The lowest BCUT2D eigenvalue weighted by atomic mass is 9.75. The van der Waals surface area contributed by atoms with Gasteiger partial charge in [0.2, 0.25) is 0 Å². The average Bonchev–Trinajstić information content (AvgIpc) is 2.71. The van der Waals surface area contributed by atoms with Gasteiger partial charge in [0.25, 0.3) is 0 Å². The fourth-order valence-electron chi connectivity index (χ4n) is 5.59. The van der Waals surface area contributed by atoms with Gasteiger partial charge in [0.1, 0.15) is 0 Å². The Bertz CT molecular complexity index is 573. The van der Waals surface area contributed by atoms with Crippen LogP contribution in [0.15, 0.2) is 12.1 Å². The zero-order valence-corrected chi connectivity index (χ0v) is 17.5. The van der Waals surface area contributed by atoms with E-state index in [9.17, 15) is 13.2 Å². The summed E-state index contributed by atoms with van der Waals surface area (Å²) in [5.74, 6) is -0.585. The molecule has 0 atom stereocenters. The normalized spacial score (nSPS) is 28.4. The van der Waals surface area contributed by atoms with Gasteiger partial charge in [-0.1, -0.05) is 71.1 Å². The highest BCUT2D eigenvalue weighted by Crippen LogP contribution is 2.39. The van der Waals surface area contributed by atoms with E-state index < -0.39 is 17.5 Å². The van der Waals surface area contributed by atoms with Gasteiger partial charge in [-0.3, -0.25) is 0 Å². The quantitative estimate of drug-likeness (QED) is 0.387. The van der Waals surface area contributed by atoms with E-state index in [1.165, 1.54) is 76.3 Å². The molecule has 0 N–H and O–H groups in total. The summed E-state index contributed by atoms with van der Waals surface area (Å²) < 4.78 is 40.1. The number of hydrogen-bond acceptors (Lipinski definition) is 0. The minimum atomic E-state index is -1.35. The van der Waals surface area contributed by atoms with Crippen molar-refractivity contribution in [2.45, 2.75) is 103 Å². The van der Waals surface area contributed by atoms with Crippen LogP contribution in [0.2, 0.25) is 0 Å². The van der Waals surface area contributed by atoms with Crippen molar-refractivity contribution in [3.63, 3.8) is 0 Å². The van der Waals surface area contributed by atoms with Crippen molar-refractivity contribution in [2.24, 2.45) is 17.8 Å². The van der Waals surface area contributed by atoms with Gasteiger partial charge in [-0.25, -0.2) is 13.2 Å². The van der Waals surface area contributed by atoms with Crippen molar-refractivity contribution in [1.29, 1.82) is 0 Å². The zero-order valence-electron chi connectivity index (χ0n) is 17.5. The van der Waals surface area contributed by atoms with Gasteiger partial charge in [0, 0.05) is 0 Å². The van der Waals surface area contributed by atoms with Crippen LogP contribution in [0, 0.1) is 35.2 Å². The predicted octanol–water partition coefficient (Wildman–Crippen LogP) is 8.54. The summed E-state index contributed by atoms with van der Waals surface area (Å²) in [7, 11) is 0. The maximum absolute atomic E-state index is 13.5. The predicted molar refractivity (Wildman–Crippen MR) is 110 cm³/mol. The summed E-state index contributed by atoms with van der Waals surface area (Å²) in [5.41, 5.74) is 0.634. The third kappa shape index (κ3) is 6.00. The highest BCUT2D eigenvalue weighted by molar-refractivity contribution is 5.23. The standard InChI is InChI=1S/C25H37F3/c1-2-3-5-18-8-10-19(11-9-18)6-4-7-20-12-14-21(15-13-20)22-16-23(26)25(28)24(27)17-22/h16-21H,2-15H2,1H3. The van der Waals surface area contributed by atoms with Gasteiger partial charge in [0.05, 0.1) is 0 Å². The molecule has 0 amide bonds. The van der Waals surface area contributed by atoms with Gasteiger partial charge in [-0.05, 0) is 67.1 Å². The van der Waals surface area contributed by atoms with Gasteiger partial charge in [-0.2, -0.15) is 0 Å². The Morgan fingerprint density at radius 2 is 1.11 bits per heavy atom. The van der Waals surface area contributed by atoms with E-state index in [1.54, 1.807) is 0 Å². The van der Waals surface area contributed by atoms with Crippen LogP contribution in [-0.2, 0) is 0 Å². The zero-order chi connectivity index (χ0) is 19.9. The topological polar surface area (TPSA) is 0 Å². The van der Waals surface area contributed by atoms with Crippen LogP contribution in [-0.4, -0.2) is 0 Å². The Hall–Kier alpha value is -0.990. The first-order valence-corrected chi connectivity index (χ1v) is 11.7. The first-order valence-electron chi connectivity index (χ1n) is 11.7. The molecule has 1 aromatic carbocycles. The van der Waals surface area contributed by atoms with Gasteiger partial charge >= 0.3 is 0 Å². The van der Waals surface area contributed by atoms with Crippen LogP contribution in [0.4, 0.5) is 13.2 Å². The first-order chi connectivity index (χ1) is 13.6. The molecule has 158 valence electrons. The summed E-state index contributed by atoms with van der Waals surface area (Å²) >= 11 is 0. The Balaban J connectivity index is 1.33. The Kier molecular flexibility index (Phi) is 8.29. The molecule has 0 aliphatic heterocycles. The monoisotopic (exact) mass is 394 g/mol. The van der Waals surface area contributed by atoms with Crippen molar-refractivity contribution in [3.8, 4) is 0 Å². The molecule has 2 fully saturated rings. The van der Waals surface area contributed by atoms with Crippen LogP contribution >= 0.6 is 0 Å². The van der Waals surface area contributed by atoms with Crippen molar-refractivity contribution in [3.05, 3.63) is 35.1 Å². The van der Waals surface area contributed by atoms with Crippen LogP contribution in [0.5, 0.6) is 0 Å². The number of hydrogen-bond donors (Lipinski definition) is 0. The van der Waals surface area contributed by atoms with Crippen LogP contribution < -0.4 is 0 Å². The van der Waals surface area contributed by atoms with Crippen LogP contribution in [0.1, 0.15) is 108 Å². The summed E-state index contributed by atoms with van der Waals surface area (Å²) in [5, 5.41) is 0. The molecule has 0 nitrogen and oxygen atoms in total. The molecular weight excluding hydrogens is 357 g/mol. The fourth-order valence-corrected chi connectivity index (χ4v) is 5.59. The molecule has 3 rings (SSSR count). The van der Waals surface area contributed by atoms with Gasteiger partial charge < -0.3 is 0 Å². The minimum absolute atomic E-state index is 0.180. The van der Waals surface area contributed by atoms with E-state index in [4.69, 9.17) is 0 Å². The van der Waals surface area contributed by atoms with Gasteiger partial charge in [0.15, 0.2) is 17.5 Å². The third-order valence-electron chi connectivity index (χ3n) is 7.48. The van der Waals surface area contributed by atoms with E-state index in [0.29, 0.717) is 5.56 Å². The summed E-state index contributed by atoms with van der Waals surface area (Å²) in [4.78, 5) is 0. The molecule has 0 unspecified atom stereocenters. The molecule has 3 heteroatoms. The second-order valence-electron chi connectivity index (χ2n) is 9.48. The minimum Gasteiger partial charge on any atom is -0.204 e. The van der Waals surface area contributed by atoms with E-state index in [0.717, 1.165) is 43.4 Å². The smallest absolute Gasteiger partial charge is 0.194 e. The second kappa shape index (κ2) is 10.7. The maximum atomic E-state index is 13.5. The fraction of sp³-hybridized carbons (Fsp3) is 0.760. The summed E-state index contributed by atoms with van der Waals surface area (Å²) in [6.07, 6.45) is 18.1. The largest absolute Gasteiger partial charge is 0.204 e. The number of rotatable bonds is 8. The molecule has 2 aliphatic carbocycles. The summed E-state index contributed by atoms with van der Waals surface area (Å²) in [6, 6.07) is 2.39. The third-order valence-corrected chi connectivity index (χ3v) is 7.48. The molecule has 0 bridgehead atoms. The summed E-state index contributed by atoms with van der Waals surface area (Å²) in [6.45, 7) is 2.29. The molecule has 1 aromatic rings. The molecular formula is C25H37F3. The van der Waals surface area contributed by atoms with Gasteiger partial charge in [-0.15, -0.1) is 0 Å². The SMILES string of the molecule is CCCCC1CCC(CCCC2CCC(c3cc(F)c(F)c(F)c3)CC2)CC1. The molecule has 0 spiro atoms. The maximum Gasteiger partial charge on any atom is 0.194 e. The lowest BCUT2D eigenvalue weighted by Gasteiger charge is -2.31. The Morgan fingerprint density at radius 3 is 1.57 bits per heavy atom. The highest BCUT2D eigenvalue weighted by atomic mass is 19.2. The molecule has 0 heterocycles. The highest BCUT2D eigenvalue weighted by Gasteiger charge is 2.25. The van der Waals surface area contributed by atoms with Crippen LogP contribution in [0.3, 0.4) is 0 Å². The average molecular weight is 395 g/mol. The van der Waals surface area contributed by atoms with Crippen molar-refractivity contribution in [1.82, 2.24) is 0 Å². The van der Waals surface area contributed by atoms with E-state index in [1.807, 2.05) is 0 Å². The van der Waals surface area contributed by atoms with E-state index in [2.05, 4.69) is 6.92 Å². The number of halogens is 3. The molecule has 0 radical (unpaired) electrons. The van der Waals surface area contributed by atoms with Crippen molar-refractivity contribution < 1.29 is 13.2 Å². The van der Waals surface area contributed by atoms with E-state index in [-0.39, 0.29) is 5.92 Å².